The molecule has 1 fully saturated rings. The van der Waals surface area contributed by atoms with E-state index < -0.39 is 6.17 Å². The molecule has 4 nitrogen and oxygen atoms in total. The van der Waals surface area contributed by atoms with Crippen LogP contribution in [-0.2, 0) is 4.79 Å². The van der Waals surface area contributed by atoms with Gasteiger partial charge in [0, 0.05) is 0 Å². The van der Waals surface area contributed by atoms with Crippen LogP contribution in [0, 0.1) is 0 Å². The van der Waals surface area contributed by atoms with Crippen molar-refractivity contribution in [3.05, 3.63) is 0 Å². The molecule has 0 aliphatic carbocycles. The minimum absolute atomic E-state index is 0. The molecule has 0 saturated carbocycles. The number of nitrogens with two attached hydrogens (primary N) is 1. The van der Waals surface area contributed by atoms with Crippen molar-refractivity contribution in [2.24, 2.45) is 5.73 Å². The fourth-order valence-electron chi connectivity index (χ4n) is 0.738. The number of hydrazine groups is 1. The van der Waals surface area contributed by atoms with Crippen molar-refractivity contribution in [3.8, 4) is 0 Å². The standard InChI is InChI=1S/C5H10FN3O.ClH/c6-4-2-9(3-4)8-5(10)1-7;/h4H,1-3,7H2,(H,8,10);1H. The van der Waals surface area contributed by atoms with Crippen molar-refractivity contribution in [2.75, 3.05) is 19.6 Å². The van der Waals surface area contributed by atoms with Crippen LogP contribution in [0.3, 0.4) is 0 Å². The number of rotatable bonds is 2. The lowest BCUT2D eigenvalue weighted by Crippen LogP contribution is -2.58. The normalized spacial score (nSPS) is 18.4. The molecule has 6 heteroatoms. The van der Waals surface area contributed by atoms with Gasteiger partial charge in [-0.2, -0.15) is 0 Å². The molecule has 1 saturated heterocycles. The summed E-state index contributed by atoms with van der Waals surface area (Å²) in [6, 6.07) is 0. The Bertz CT molecular complexity index is 140. The van der Waals surface area contributed by atoms with E-state index in [0.717, 1.165) is 0 Å². The van der Waals surface area contributed by atoms with Gasteiger partial charge in [0.1, 0.15) is 6.17 Å². The molecule has 0 spiro atoms. The van der Waals surface area contributed by atoms with Crippen molar-refractivity contribution >= 4 is 18.3 Å². The second kappa shape index (κ2) is 4.48. The monoisotopic (exact) mass is 183 g/mol. The van der Waals surface area contributed by atoms with E-state index in [1.807, 2.05) is 0 Å². The van der Waals surface area contributed by atoms with Gasteiger partial charge < -0.3 is 5.73 Å². The van der Waals surface area contributed by atoms with E-state index in [1.165, 1.54) is 5.01 Å². The van der Waals surface area contributed by atoms with Crippen LogP contribution in [0.2, 0.25) is 0 Å². The molecule has 3 N–H and O–H groups in total. The zero-order valence-electron chi connectivity index (χ0n) is 5.92. The Labute approximate surface area is 70.3 Å². The summed E-state index contributed by atoms with van der Waals surface area (Å²) in [5, 5.41) is 1.50. The topological polar surface area (TPSA) is 58.4 Å². The van der Waals surface area contributed by atoms with E-state index >= 15 is 0 Å². The molecule has 1 aliphatic rings. The third-order valence-corrected chi connectivity index (χ3v) is 1.31. The van der Waals surface area contributed by atoms with Gasteiger partial charge in [-0.3, -0.25) is 10.2 Å². The molecule has 0 atom stereocenters. The SMILES string of the molecule is Cl.NCC(=O)NN1CC(F)C1. The number of carbonyl (C=O) groups excluding carboxylic acids is 1. The molecular weight excluding hydrogens is 173 g/mol. The molecule has 1 rings (SSSR count). The highest BCUT2D eigenvalue weighted by Gasteiger charge is 2.26. The van der Waals surface area contributed by atoms with Crippen molar-refractivity contribution in [1.82, 2.24) is 10.4 Å². The number of hydrogen-bond donors (Lipinski definition) is 2. The summed E-state index contributed by atoms with van der Waals surface area (Å²) in [5.41, 5.74) is 7.43. The van der Waals surface area contributed by atoms with Crippen LogP contribution in [-0.4, -0.2) is 36.7 Å². The molecular formula is C5H11ClFN3O. The highest BCUT2D eigenvalue weighted by molar-refractivity contribution is 5.85. The van der Waals surface area contributed by atoms with E-state index in [0.29, 0.717) is 0 Å². The largest absolute Gasteiger partial charge is 0.322 e. The Morgan fingerprint density at radius 3 is 2.64 bits per heavy atom. The van der Waals surface area contributed by atoms with Gasteiger partial charge >= 0.3 is 0 Å². The van der Waals surface area contributed by atoms with Crippen LogP contribution in [0.5, 0.6) is 0 Å². The van der Waals surface area contributed by atoms with E-state index in [-0.39, 0.29) is 37.9 Å². The van der Waals surface area contributed by atoms with Crippen molar-refractivity contribution in [3.63, 3.8) is 0 Å². The van der Waals surface area contributed by atoms with Crippen LogP contribution in [0.1, 0.15) is 0 Å². The molecule has 0 bridgehead atoms. The average molecular weight is 184 g/mol. The van der Waals surface area contributed by atoms with E-state index in [2.05, 4.69) is 5.43 Å². The van der Waals surface area contributed by atoms with Gasteiger partial charge in [0.2, 0.25) is 5.91 Å². The third kappa shape index (κ3) is 3.00. The van der Waals surface area contributed by atoms with Gasteiger partial charge in [-0.25, -0.2) is 9.40 Å². The minimum atomic E-state index is -0.793. The summed E-state index contributed by atoms with van der Waals surface area (Å²) < 4.78 is 12.1. The smallest absolute Gasteiger partial charge is 0.248 e. The van der Waals surface area contributed by atoms with Crippen LogP contribution in [0.4, 0.5) is 4.39 Å². The molecule has 0 aromatic carbocycles. The molecule has 1 aliphatic heterocycles. The number of carbonyl (C=O) groups is 1. The Kier molecular flexibility index (Phi) is 4.32. The summed E-state index contributed by atoms with van der Waals surface area (Å²) in [6.45, 7) is 0.519. The van der Waals surface area contributed by atoms with Crippen molar-refractivity contribution in [1.29, 1.82) is 0 Å². The lowest BCUT2D eigenvalue weighted by atomic mass is 10.2. The van der Waals surface area contributed by atoms with Gasteiger partial charge in [-0.15, -0.1) is 12.4 Å². The molecule has 0 aromatic heterocycles. The van der Waals surface area contributed by atoms with E-state index in [4.69, 9.17) is 5.73 Å². The average Bonchev–Trinajstić information content (AvgIpc) is 1.84. The number of alkyl halides is 1. The summed E-state index contributed by atoms with van der Waals surface area (Å²) in [7, 11) is 0. The number of hydrogen-bond acceptors (Lipinski definition) is 3. The lowest BCUT2D eigenvalue weighted by molar-refractivity contribution is -0.128. The molecule has 0 unspecified atom stereocenters. The first-order valence-corrected chi connectivity index (χ1v) is 3.11. The van der Waals surface area contributed by atoms with Gasteiger partial charge in [0.15, 0.2) is 0 Å². The fourth-order valence-corrected chi connectivity index (χ4v) is 0.738. The van der Waals surface area contributed by atoms with Gasteiger partial charge in [0.05, 0.1) is 19.6 Å². The van der Waals surface area contributed by atoms with Gasteiger partial charge in [0.25, 0.3) is 0 Å². The summed E-state index contributed by atoms with van der Waals surface area (Å²) in [6.07, 6.45) is -0.793. The highest BCUT2D eigenvalue weighted by Crippen LogP contribution is 2.06. The predicted octanol–water partition coefficient (Wildman–Crippen LogP) is -0.948. The Balaban J connectivity index is 0.000001000. The maximum absolute atomic E-state index is 12.1. The van der Waals surface area contributed by atoms with E-state index in [1.54, 1.807) is 0 Å². The second-order valence-corrected chi connectivity index (χ2v) is 2.24. The number of halogens is 2. The zero-order chi connectivity index (χ0) is 7.56. The number of amides is 1. The first kappa shape index (κ1) is 10.6. The molecule has 0 radical (unpaired) electrons. The van der Waals surface area contributed by atoms with Crippen molar-refractivity contribution in [2.45, 2.75) is 6.17 Å². The fraction of sp³-hybridized carbons (Fsp3) is 0.800. The number of nitrogens with one attached hydrogen (secondary N) is 1. The van der Waals surface area contributed by atoms with Gasteiger partial charge in [-0.05, 0) is 0 Å². The summed E-state index contributed by atoms with van der Waals surface area (Å²) in [5.74, 6) is -0.271. The van der Waals surface area contributed by atoms with Crippen LogP contribution >= 0.6 is 12.4 Å². The molecule has 1 heterocycles. The maximum atomic E-state index is 12.1. The van der Waals surface area contributed by atoms with Crippen molar-refractivity contribution < 1.29 is 9.18 Å². The molecule has 11 heavy (non-hydrogen) atoms. The Hall–Kier alpha value is -0.390. The van der Waals surface area contributed by atoms with Gasteiger partial charge in [-0.1, -0.05) is 0 Å². The highest BCUT2D eigenvalue weighted by atomic mass is 35.5. The Morgan fingerprint density at radius 1 is 1.73 bits per heavy atom. The Morgan fingerprint density at radius 2 is 2.27 bits per heavy atom. The lowest BCUT2D eigenvalue weighted by Gasteiger charge is -2.33. The quantitative estimate of drug-likeness (QED) is 0.581. The first-order chi connectivity index (χ1) is 4.72. The van der Waals surface area contributed by atoms with Crippen LogP contribution < -0.4 is 11.2 Å². The third-order valence-electron chi connectivity index (χ3n) is 1.31. The molecule has 66 valence electrons. The predicted molar refractivity (Wildman–Crippen MR) is 40.9 cm³/mol. The minimum Gasteiger partial charge on any atom is -0.322 e. The second-order valence-electron chi connectivity index (χ2n) is 2.24. The van der Waals surface area contributed by atoms with Crippen LogP contribution in [0.25, 0.3) is 0 Å². The maximum Gasteiger partial charge on any atom is 0.248 e. The summed E-state index contributed by atoms with van der Waals surface area (Å²) >= 11 is 0. The molecule has 1 amide bonds. The number of nitrogens with zero attached hydrogens (tertiary/aromatic N) is 1. The van der Waals surface area contributed by atoms with Crippen LogP contribution in [0.15, 0.2) is 0 Å². The van der Waals surface area contributed by atoms with E-state index in [9.17, 15) is 9.18 Å². The first-order valence-electron chi connectivity index (χ1n) is 3.11. The summed E-state index contributed by atoms with van der Waals surface area (Å²) in [4.78, 5) is 10.5. The zero-order valence-corrected chi connectivity index (χ0v) is 6.73. The molecule has 0 aromatic rings.